The summed E-state index contributed by atoms with van der Waals surface area (Å²) in [7, 11) is 0. The summed E-state index contributed by atoms with van der Waals surface area (Å²) in [5.41, 5.74) is 1.99. The van der Waals surface area contributed by atoms with Crippen molar-refractivity contribution < 1.29 is 14.1 Å². The van der Waals surface area contributed by atoms with Crippen molar-refractivity contribution in [3.8, 4) is 0 Å². The van der Waals surface area contributed by atoms with Gasteiger partial charge in [-0.05, 0) is 19.1 Å². The minimum atomic E-state index is -0.548. The normalized spacial score (nSPS) is 14.0. The van der Waals surface area contributed by atoms with E-state index < -0.39 is 11.7 Å². The molecular formula is C14H13N3O3. The van der Waals surface area contributed by atoms with Gasteiger partial charge in [0.1, 0.15) is 0 Å². The van der Waals surface area contributed by atoms with Crippen molar-refractivity contribution in [2.45, 2.75) is 26.8 Å². The van der Waals surface area contributed by atoms with E-state index in [1.165, 1.54) is 4.90 Å². The summed E-state index contributed by atoms with van der Waals surface area (Å²) < 4.78 is 5.01. The SMILES string of the molecule is CCc1nc(CN2C(=O)C(=O)c3cc(C)ccc32)no1. The Labute approximate surface area is 115 Å². The second-order valence-corrected chi connectivity index (χ2v) is 4.70. The number of aromatic nitrogens is 2. The van der Waals surface area contributed by atoms with Crippen LogP contribution in [0.2, 0.25) is 0 Å². The Kier molecular flexibility index (Phi) is 2.85. The van der Waals surface area contributed by atoms with Gasteiger partial charge in [-0.25, -0.2) is 0 Å². The molecule has 0 unspecified atom stereocenters. The van der Waals surface area contributed by atoms with Crippen molar-refractivity contribution in [2.24, 2.45) is 0 Å². The minimum absolute atomic E-state index is 0.143. The molecule has 0 saturated heterocycles. The number of carbonyl (C=O) groups is 2. The summed E-state index contributed by atoms with van der Waals surface area (Å²) in [5, 5.41) is 3.81. The van der Waals surface area contributed by atoms with Crippen molar-refractivity contribution in [2.75, 3.05) is 4.90 Å². The molecule has 0 fully saturated rings. The third-order valence-corrected chi connectivity index (χ3v) is 3.24. The molecule has 0 bridgehead atoms. The highest BCUT2D eigenvalue weighted by atomic mass is 16.5. The van der Waals surface area contributed by atoms with Gasteiger partial charge < -0.3 is 4.52 Å². The maximum absolute atomic E-state index is 12.0. The highest BCUT2D eigenvalue weighted by Gasteiger charge is 2.36. The summed E-state index contributed by atoms with van der Waals surface area (Å²) >= 11 is 0. The molecule has 20 heavy (non-hydrogen) atoms. The summed E-state index contributed by atoms with van der Waals surface area (Å²) in [6, 6.07) is 5.36. The molecule has 6 nitrogen and oxygen atoms in total. The third-order valence-electron chi connectivity index (χ3n) is 3.24. The lowest BCUT2D eigenvalue weighted by Gasteiger charge is -2.13. The van der Waals surface area contributed by atoms with E-state index in [1.807, 2.05) is 19.9 Å². The van der Waals surface area contributed by atoms with Crippen molar-refractivity contribution in [3.63, 3.8) is 0 Å². The molecule has 6 heteroatoms. The molecule has 0 saturated carbocycles. The van der Waals surface area contributed by atoms with Gasteiger partial charge in [0.05, 0.1) is 17.8 Å². The average Bonchev–Trinajstić information content (AvgIpc) is 2.99. The van der Waals surface area contributed by atoms with Gasteiger partial charge in [-0.2, -0.15) is 4.98 Å². The van der Waals surface area contributed by atoms with E-state index in [2.05, 4.69) is 10.1 Å². The fourth-order valence-corrected chi connectivity index (χ4v) is 2.21. The second-order valence-electron chi connectivity index (χ2n) is 4.70. The van der Waals surface area contributed by atoms with Crippen LogP contribution < -0.4 is 4.90 Å². The molecule has 1 aliphatic rings. The smallest absolute Gasteiger partial charge is 0.299 e. The highest BCUT2D eigenvalue weighted by Crippen LogP contribution is 2.30. The highest BCUT2D eigenvalue weighted by molar-refractivity contribution is 6.52. The maximum Gasteiger partial charge on any atom is 0.299 e. The first-order valence-electron chi connectivity index (χ1n) is 6.38. The fraction of sp³-hybridized carbons (Fsp3) is 0.286. The zero-order valence-electron chi connectivity index (χ0n) is 11.2. The lowest BCUT2D eigenvalue weighted by molar-refractivity contribution is -0.114. The van der Waals surface area contributed by atoms with Gasteiger partial charge in [0.25, 0.3) is 11.7 Å². The Morgan fingerprint density at radius 3 is 2.80 bits per heavy atom. The van der Waals surface area contributed by atoms with Gasteiger partial charge in [-0.3, -0.25) is 14.5 Å². The van der Waals surface area contributed by atoms with E-state index in [4.69, 9.17) is 4.52 Å². The van der Waals surface area contributed by atoms with Crippen LogP contribution >= 0.6 is 0 Å². The Hall–Kier alpha value is -2.50. The van der Waals surface area contributed by atoms with Crippen LogP contribution in [0.25, 0.3) is 0 Å². The molecule has 0 spiro atoms. The number of Topliss-reactive ketones (excluding diaryl/α,β-unsaturated/α-hetero) is 1. The minimum Gasteiger partial charge on any atom is -0.339 e. The molecule has 1 amide bonds. The maximum atomic E-state index is 12.0. The number of rotatable bonds is 3. The van der Waals surface area contributed by atoms with Gasteiger partial charge >= 0.3 is 0 Å². The second kappa shape index (κ2) is 4.56. The number of hydrogen-bond donors (Lipinski definition) is 0. The van der Waals surface area contributed by atoms with Crippen LogP contribution in [-0.2, 0) is 17.8 Å². The monoisotopic (exact) mass is 271 g/mol. The zero-order valence-corrected chi connectivity index (χ0v) is 11.2. The van der Waals surface area contributed by atoms with E-state index in [9.17, 15) is 9.59 Å². The van der Waals surface area contributed by atoms with Crippen LogP contribution in [0.15, 0.2) is 22.7 Å². The Morgan fingerprint density at radius 2 is 2.10 bits per heavy atom. The van der Waals surface area contributed by atoms with E-state index >= 15 is 0 Å². The number of hydrogen-bond acceptors (Lipinski definition) is 5. The summed E-state index contributed by atoms with van der Waals surface area (Å²) in [4.78, 5) is 29.5. The summed E-state index contributed by atoms with van der Waals surface area (Å²) in [6.45, 7) is 3.93. The number of carbonyl (C=O) groups excluding carboxylic acids is 2. The Balaban J connectivity index is 1.95. The fourth-order valence-electron chi connectivity index (χ4n) is 2.21. The number of amides is 1. The van der Waals surface area contributed by atoms with Crippen LogP contribution in [0.1, 0.15) is 34.6 Å². The predicted molar refractivity (Wildman–Crippen MR) is 70.4 cm³/mol. The molecule has 3 rings (SSSR count). The number of benzene rings is 1. The van der Waals surface area contributed by atoms with Gasteiger partial charge in [0, 0.05) is 6.42 Å². The van der Waals surface area contributed by atoms with Crippen molar-refractivity contribution in [1.82, 2.24) is 10.1 Å². The van der Waals surface area contributed by atoms with Crippen LogP contribution in [0.5, 0.6) is 0 Å². The summed E-state index contributed by atoms with van der Waals surface area (Å²) in [6.07, 6.45) is 0.635. The first kappa shape index (κ1) is 12.5. The van der Waals surface area contributed by atoms with E-state index in [0.717, 1.165) is 5.56 Å². The summed E-state index contributed by atoms with van der Waals surface area (Å²) in [5.74, 6) is -0.116. The van der Waals surface area contributed by atoms with Crippen LogP contribution in [0, 0.1) is 6.92 Å². The first-order valence-corrected chi connectivity index (χ1v) is 6.38. The molecular weight excluding hydrogens is 258 g/mol. The number of fused-ring (bicyclic) bond motifs is 1. The van der Waals surface area contributed by atoms with Crippen molar-refractivity contribution in [3.05, 3.63) is 41.0 Å². The Bertz CT molecular complexity index is 705. The number of nitrogens with zero attached hydrogens (tertiary/aromatic N) is 3. The molecule has 1 aromatic heterocycles. The standard InChI is InChI=1S/C14H13N3O3/c1-3-12-15-11(16-20-12)7-17-10-5-4-8(2)6-9(10)13(18)14(17)19/h4-6H,3,7H2,1-2H3. The lowest BCUT2D eigenvalue weighted by Crippen LogP contribution is -2.29. The molecule has 1 aliphatic heterocycles. The van der Waals surface area contributed by atoms with Crippen LogP contribution in [0.3, 0.4) is 0 Å². The van der Waals surface area contributed by atoms with Gasteiger partial charge in [0.2, 0.25) is 5.89 Å². The topological polar surface area (TPSA) is 76.3 Å². The van der Waals surface area contributed by atoms with Gasteiger partial charge in [0.15, 0.2) is 5.82 Å². The Morgan fingerprint density at radius 1 is 1.30 bits per heavy atom. The van der Waals surface area contributed by atoms with E-state index in [0.29, 0.717) is 29.4 Å². The molecule has 2 heterocycles. The van der Waals surface area contributed by atoms with Gasteiger partial charge in [-0.15, -0.1) is 0 Å². The number of aryl methyl sites for hydroxylation is 2. The predicted octanol–water partition coefficient (Wildman–Crippen LogP) is 1.67. The lowest BCUT2D eigenvalue weighted by atomic mass is 10.1. The first-order chi connectivity index (χ1) is 9.60. The van der Waals surface area contributed by atoms with Crippen LogP contribution in [0.4, 0.5) is 5.69 Å². The molecule has 0 atom stereocenters. The number of anilines is 1. The zero-order chi connectivity index (χ0) is 14.3. The van der Waals surface area contributed by atoms with Crippen LogP contribution in [-0.4, -0.2) is 21.8 Å². The molecule has 0 N–H and O–H groups in total. The molecule has 1 aromatic carbocycles. The molecule has 0 radical (unpaired) electrons. The molecule has 102 valence electrons. The average molecular weight is 271 g/mol. The van der Waals surface area contributed by atoms with E-state index in [1.54, 1.807) is 12.1 Å². The molecule has 0 aliphatic carbocycles. The quantitative estimate of drug-likeness (QED) is 0.794. The van der Waals surface area contributed by atoms with Gasteiger partial charge in [-0.1, -0.05) is 23.7 Å². The van der Waals surface area contributed by atoms with Crippen molar-refractivity contribution >= 4 is 17.4 Å². The molecule has 2 aromatic rings. The largest absolute Gasteiger partial charge is 0.339 e. The van der Waals surface area contributed by atoms with Crippen molar-refractivity contribution in [1.29, 1.82) is 0 Å². The number of ketones is 1. The third kappa shape index (κ3) is 1.89. The van der Waals surface area contributed by atoms with E-state index in [-0.39, 0.29) is 6.54 Å².